The molecule has 0 aromatic carbocycles. The number of hydrogen-bond acceptors (Lipinski definition) is 2. The summed E-state index contributed by atoms with van der Waals surface area (Å²) in [5, 5.41) is 0. The third-order valence-electron chi connectivity index (χ3n) is 4.07. The van der Waals surface area contributed by atoms with Gasteiger partial charge in [0.05, 0.1) is 0 Å². The molecule has 2 saturated carbocycles. The van der Waals surface area contributed by atoms with Gasteiger partial charge in [-0.05, 0) is 43.4 Å². The van der Waals surface area contributed by atoms with Crippen molar-refractivity contribution < 1.29 is 17.4 Å². The van der Waals surface area contributed by atoms with Crippen molar-refractivity contribution in [2.45, 2.75) is 50.4 Å². The Balaban J connectivity index is 1.91. The van der Waals surface area contributed by atoms with Crippen molar-refractivity contribution in [1.29, 1.82) is 0 Å². The van der Waals surface area contributed by atoms with Gasteiger partial charge in [-0.3, -0.25) is 4.55 Å². The zero-order chi connectivity index (χ0) is 11.8. The summed E-state index contributed by atoms with van der Waals surface area (Å²) < 4.78 is 43.1. The zero-order valence-corrected chi connectivity index (χ0v) is 10.1. The topological polar surface area (TPSA) is 54.4 Å². The lowest BCUT2D eigenvalue weighted by molar-refractivity contribution is 0.122. The second-order valence-electron chi connectivity index (χ2n) is 5.40. The van der Waals surface area contributed by atoms with Crippen molar-refractivity contribution in [1.82, 2.24) is 0 Å². The molecule has 5 heteroatoms. The Labute approximate surface area is 96.2 Å². The molecule has 0 radical (unpaired) electrons. The summed E-state index contributed by atoms with van der Waals surface area (Å²) in [4.78, 5) is 0. The Morgan fingerprint density at radius 2 is 1.75 bits per heavy atom. The molecule has 3 atom stereocenters. The molecule has 0 amide bonds. The van der Waals surface area contributed by atoms with Crippen molar-refractivity contribution in [3.05, 3.63) is 0 Å². The van der Waals surface area contributed by atoms with Gasteiger partial charge in [0.2, 0.25) is 5.50 Å². The fraction of sp³-hybridized carbons (Fsp3) is 1.00. The minimum Gasteiger partial charge on any atom is -0.283 e. The average molecular weight is 250 g/mol. The Morgan fingerprint density at radius 3 is 2.25 bits per heavy atom. The number of fused-ring (bicyclic) bond motifs is 2. The molecule has 2 aliphatic carbocycles. The van der Waals surface area contributed by atoms with Gasteiger partial charge >= 0.3 is 0 Å². The van der Waals surface area contributed by atoms with E-state index in [0.717, 1.165) is 12.8 Å². The van der Waals surface area contributed by atoms with Crippen LogP contribution in [0.25, 0.3) is 0 Å². The number of halogens is 1. The van der Waals surface area contributed by atoms with Crippen LogP contribution in [0.2, 0.25) is 0 Å². The fourth-order valence-electron chi connectivity index (χ4n) is 3.45. The first-order chi connectivity index (χ1) is 7.45. The molecular weight excluding hydrogens is 231 g/mol. The van der Waals surface area contributed by atoms with Crippen LogP contribution in [0.1, 0.15) is 44.9 Å². The first-order valence-electron chi connectivity index (χ1n) is 6.05. The third kappa shape index (κ3) is 2.94. The van der Waals surface area contributed by atoms with Gasteiger partial charge in [-0.25, -0.2) is 4.39 Å². The van der Waals surface area contributed by atoms with Gasteiger partial charge in [0, 0.05) is 0 Å². The Morgan fingerprint density at radius 1 is 1.19 bits per heavy atom. The molecule has 3 unspecified atom stereocenters. The normalized spacial score (nSPS) is 37.0. The van der Waals surface area contributed by atoms with E-state index in [-0.39, 0.29) is 12.3 Å². The average Bonchev–Trinajstić information content (AvgIpc) is 2.15. The van der Waals surface area contributed by atoms with Gasteiger partial charge in [0.15, 0.2) is 0 Å². The van der Waals surface area contributed by atoms with E-state index in [1.807, 2.05) is 0 Å². The highest BCUT2D eigenvalue weighted by Gasteiger charge is 2.35. The van der Waals surface area contributed by atoms with E-state index in [4.69, 9.17) is 4.55 Å². The van der Waals surface area contributed by atoms with Crippen molar-refractivity contribution in [3.63, 3.8) is 0 Å². The molecule has 3 nitrogen and oxygen atoms in total. The lowest BCUT2D eigenvalue weighted by Crippen LogP contribution is -2.29. The van der Waals surface area contributed by atoms with Crippen molar-refractivity contribution in [2.24, 2.45) is 17.8 Å². The summed E-state index contributed by atoms with van der Waals surface area (Å²) in [6.07, 6.45) is 6.76. The number of rotatable bonds is 3. The second-order valence-corrected chi connectivity index (χ2v) is 6.94. The van der Waals surface area contributed by atoms with Crippen LogP contribution in [0.4, 0.5) is 4.39 Å². The molecule has 2 bridgehead atoms. The van der Waals surface area contributed by atoms with Crippen LogP contribution >= 0.6 is 0 Å². The molecule has 2 aliphatic rings. The van der Waals surface area contributed by atoms with Gasteiger partial charge in [0.25, 0.3) is 10.1 Å². The minimum atomic E-state index is -4.49. The predicted octanol–water partition coefficient (Wildman–Crippen LogP) is 2.78. The summed E-state index contributed by atoms with van der Waals surface area (Å²) in [6, 6.07) is 0. The van der Waals surface area contributed by atoms with Crippen molar-refractivity contribution in [2.75, 3.05) is 0 Å². The summed E-state index contributed by atoms with van der Waals surface area (Å²) in [5.74, 6) is 1.46. The molecule has 1 N–H and O–H groups in total. The maximum atomic E-state index is 13.2. The summed E-state index contributed by atoms with van der Waals surface area (Å²) in [6.45, 7) is 0. The lowest BCUT2D eigenvalue weighted by Gasteiger charge is -2.39. The first kappa shape index (κ1) is 12.3. The van der Waals surface area contributed by atoms with Gasteiger partial charge in [-0.1, -0.05) is 19.3 Å². The summed E-state index contributed by atoms with van der Waals surface area (Å²) in [5.41, 5.74) is -2.09. The van der Waals surface area contributed by atoms with Crippen LogP contribution in [0.3, 0.4) is 0 Å². The Kier molecular flexibility index (Phi) is 3.54. The van der Waals surface area contributed by atoms with E-state index in [1.165, 1.54) is 25.7 Å². The number of alkyl halides is 1. The molecule has 2 rings (SSSR count). The highest BCUT2D eigenvalue weighted by atomic mass is 32.2. The van der Waals surface area contributed by atoms with E-state index in [1.54, 1.807) is 0 Å². The maximum Gasteiger partial charge on any atom is 0.297 e. The SMILES string of the molecule is O=S(=O)(O)C(F)CC1CC2CCCC(C2)C1. The van der Waals surface area contributed by atoms with Crippen molar-refractivity contribution >= 4 is 10.1 Å². The van der Waals surface area contributed by atoms with Crippen LogP contribution < -0.4 is 0 Å². The molecular formula is C11H19FO3S. The van der Waals surface area contributed by atoms with E-state index < -0.39 is 15.6 Å². The standard InChI is InChI=1S/C11H19FO3S/c12-11(16(13,14)15)7-10-5-8-2-1-3-9(4-8)6-10/h8-11H,1-7H2,(H,13,14,15). The molecule has 0 heterocycles. The van der Waals surface area contributed by atoms with Crippen LogP contribution in [-0.4, -0.2) is 18.5 Å². The second kappa shape index (κ2) is 4.61. The summed E-state index contributed by atoms with van der Waals surface area (Å²) >= 11 is 0. The molecule has 0 aliphatic heterocycles. The Bertz CT molecular complexity index is 329. The van der Waals surface area contributed by atoms with E-state index in [0.29, 0.717) is 11.8 Å². The molecule has 0 spiro atoms. The molecule has 2 fully saturated rings. The van der Waals surface area contributed by atoms with Gasteiger partial charge in [0.1, 0.15) is 0 Å². The molecule has 0 aromatic rings. The first-order valence-corrected chi connectivity index (χ1v) is 7.56. The zero-order valence-electron chi connectivity index (χ0n) is 9.31. The van der Waals surface area contributed by atoms with Gasteiger partial charge in [-0.2, -0.15) is 8.42 Å². The smallest absolute Gasteiger partial charge is 0.283 e. The monoisotopic (exact) mass is 250 g/mol. The molecule has 16 heavy (non-hydrogen) atoms. The van der Waals surface area contributed by atoms with Gasteiger partial charge in [-0.15, -0.1) is 0 Å². The van der Waals surface area contributed by atoms with Crippen LogP contribution in [-0.2, 0) is 10.1 Å². The van der Waals surface area contributed by atoms with Crippen LogP contribution in [0.15, 0.2) is 0 Å². The van der Waals surface area contributed by atoms with Crippen molar-refractivity contribution in [3.8, 4) is 0 Å². The summed E-state index contributed by atoms with van der Waals surface area (Å²) in [7, 11) is -4.49. The molecule has 0 saturated heterocycles. The van der Waals surface area contributed by atoms with Gasteiger partial charge < -0.3 is 0 Å². The van der Waals surface area contributed by atoms with Crippen LogP contribution in [0.5, 0.6) is 0 Å². The predicted molar refractivity (Wildman–Crippen MR) is 59.2 cm³/mol. The van der Waals surface area contributed by atoms with Crippen LogP contribution in [0, 0.1) is 17.8 Å². The lowest BCUT2D eigenvalue weighted by atomic mass is 9.67. The maximum absolute atomic E-state index is 13.2. The largest absolute Gasteiger partial charge is 0.297 e. The fourth-order valence-corrected chi connectivity index (χ4v) is 3.96. The molecule has 0 aromatic heterocycles. The van der Waals surface area contributed by atoms with E-state index in [9.17, 15) is 12.8 Å². The quantitative estimate of drug-likeness (QED) is 0.784. The van der Waals surface area contributed by atoms with E-state index in [2.05, 4.69) is 0 Å². The minimum absolute atomic E-state index is 0.0220. The highest BCUT2D eigenvalue weighted by molar-refractivity contribution is 7.86. The number of hydrogen-bond donors (Lipinski definition) is 1. The van der Waals surface area contributed by atoms with E-state index >= 15 is 0 Å². The third-order valence-corrected chi connectivity index (χ3v) is 4.91. The highest BCUT2D eigenvalue weighted by Crippen LogP contribution is 2.44. The Hall–Kier alpha value is -0.160. The molecule has 94 valence electrons.